The Morgan fingerprint density at radius 2 is 2.08 bits per heavy atom. The molecule has 3 aromatic heterocycles. The van der Waals surface area contributed by atoms with E-state index in [0.29, 0.717) is 16.7 Å². The Hall–Kier alpha value is -2.48. The van der Waals surface area contributed by atoms with Crippen molar-refractivity contribution in [1.82, 2.24) is 19.9 Å². The van der Waals surface area contributed by atoms with E-state index in [1.165, 1.54) is 16.4 Å². The van der Waals surface area contributed by atoms with Gasteiger partial charge >= 0.3 is 0 Å². The quantitative estimate of drug-likeness (QED) is 0.561. The molecule has 0 spiro atoms. The number of nitrogens with two attached hydrogens (primary N) is 1. The highest BCUT2D eigenvalue weighted by molar-refractivity contribution is 7.98. The lowest BCUT2D eigenvalue weighted by Gasteiger charge is -2.11. The normalized spacial score (nSPS) is 11.0. The van der Waals surface area contributed by atoms with E-state index in [4.69, 9.17) is 15.0 Å². The standard InChI is InChI=1S/C16H19N5O2S/c1-9-7-18-13(10(2)14(9)22-4)8-24-16-20-19-15(21(16)17)12-5-6-23-11(12)3/h5-7H,8,17H2,1-4H3. The molecule has 0 saturated heterocycles. The van der Waals surface area contributed by atoms with Gasteiger partial charge in [0.2, 0.25) is 5.16 Å². The average Bonchev–Trinajstić information content (AvgIpc) is 3.13. The van der Waals surface area contributed by atoms with Crippen molar-refractivity contribution in [2.24, 2.45) is 0 Å². The van der Waals surface area contributed by atoms with Gasteiger partial charge in [-0.1, -0.05) is 11.8 Å². The fourth-order valence-corrected chi connectivity index (χ4v) is 3.41. The molecule has 0 radical (unpaired) electrons. The molecule has 0 unspecified atom stereocenters. The van der Waals surface area contributed by atoms with Crippen LogP contribution in [0.3, 0.4) is 0 Å². The summed E-state index contributed by atoms with van der Waals surface area (Å²) >= 11 is 1.48. The third-order valence-corrected chi connectivity index (χ3v) is 4.81. The van der Waals surface area contributed by atoms with Crippen molar-refractivity contribution in [3.63, 3.8) is 0 Å². The Kier molecular flexibility index (Phi) is 4.48. The van der Waals surface area contributed by atoms with Crippen LogP contribution in [0, 0.1) is 20.8 Å². The van der Waals surface area contributed by atoms with Gasteiger partial charge < -0.3 is 15.0 Å². The Labute approximate surface area is 144 Å². The van der Waals surface area contributed by atoms with Crippen LogP contribution in [0.5, 0.6) is 5.75 Å². The highest BCUT2D eigenvalue weighted by Gasteiger charge is 2.17. The molecule has 0 amide bonds. The summed E-state index contributed by atoms with van der Waals surface area (Å²) in [5.74, 6) is 8.96. The first-order chi connectivity index (χ1) is 11.5. The van der Waals surface area contributed by atoms with Gasteiger partial charge in [0.15, 0.2) is 5.82 Å². The van der Waals surface area contributed by atoms with E-state index in [1.807, 2.05) is 33.0 Å². The minimum atomic E-state index is 0.579. The van der Waals surface area contributed by atoms with E-state index in [1.54, 1.807) is 13.4 Å². The number of pyridine rings is 1. The summed E-state index contributed by atoms with van der Waals surface area (Å²) in [7, 11) is 1.67. The Bertz CT molecular complexity index is 871. The van der Waals surface area contributed by atoms with Crippen LogP contribution in [0.1, 0.15) is 22.6 Å². The largest absolute Gasteiger partial charge is 0.496 e. The van der Waals surface area contributed by atoms with Crippen LogP contribution in [0.4, 0.5) is 0 Å². The van der Waals surface area contributed by atoms with Gasteiger partial charge in [-0.2, -0.15) is 0 Å². The van der Waals surface area contributed by atoms with Gasteiger partial charge in [-0.25, -0.2) is 4.68 Å². The number of methoxy groups -OCH3 is 1. The van der Waals surface area contributed by atoms with Crippen LogP contribution in [0.2, 0.25) is 0 Å². The average molecular weight is 345 g/mol. The number of nitrogens with zero attached hydrogens (tertiary/aromatic N) is 4. The number of furan rings is 1. The van der Waals surface area contributed by atoms with Crippen LogP contribution in [0.15, 0.2) is 28.1 Å². The second kappa shape index (κ2) is 6.56. The van der Waals surface area contributed by atoms with E-state index in [-0.39, 0.29) is 0 Å². The SMILES string of the molecule is COc1c(C)cnc(CSc2nnc(-c3ccoc3C)n2N)c1C. The molecular formula is C16H19N5O2S. The van der Waals surface area contributed by atoms with Gasteiger partial charge in [0.25, 0.3) is 0 Å². The number of ether oxygens (including phenoxy) is 1. The number of nitrogen functional groups attached to an aromatic ring is 1. The van der Waals surface area contributed by atoms with Crippen molar-refractivity contribution in [2.75, 3.05) is 13.0 Å². The molecule has 7 nitrogen and oxygen atoms in total. The lowest BCUT2D eigenvalue weighted by Crippen LogP contribution is -2.11. The fraction of sp³-hybridized carbons (Fsp3) is 0.312. The van der Waals surface area contributed by atoms with Crippen molar-refractivity contribution in [3.8, 4) is 17.1 Å². The Balaban J connectivity index is 1.82. The van der Waals surface area contributed by atoms with E-state index >= 15 is 0 Å². The van der Waals surface area contributed by atoms with Gasteiger partial charge in [-0.3, -0.25) is 4.98 Å². The maximum absolute atomic E-state index is 6.13. The molecule has 0 aliphatic rings. The molecule has 0 aliphatic heterocycles. The molecule has 2 N–H and O–H groups in total. The monoisotopic (exact) mass is 345 g/mol. The topological polar surface area (TPSA) is 92.0 Å². The summed E-state index contributed by atoms with van der Waals surface area (Å²) in [6.07, 6.45) is 3.42. The highest BCUT2D eigenvalue weighted by Crippen LogP contribution is 2.30. The smallest absolute Gasteiger partial charge is 0.210 e. The molecule has 0 saturated carbocycles. The lowest BCUT2D eigenvalue weighted by molar-refractivity contribution is 0.407. The summed E-state index contributed by atoms with van der Waals surface area (Å²) < 4.78 is 12.2. The van der Waals surface area contributed by atoms with Gasteiger partial charge in [-0.05, 0) is 26.8 Å². The van der Waals surface area contributed by atoms with Crippen LogP contribution in [0.25, 0.3) is 11.4 Å². The molecule has 3 heterocycles. The first kappa shape index (κ1) is 16.4. The van der Waals surface area contributed by atoms with Crippen LogP contribution >= 0.6 is 11.8 Å². The van der Waals surface area contributed by atoms with E-state index in [2.05, 4.69) is 15.2 Å². The molecule has 0 aromatic carbocycles. The zero-order chi connectivity index (χ0) is 17.3. The summed E-state index contributed by atoms with van der Waals surface area (Å²) in [4.78, 5) is 4.49. The van der Waals surface area contributed by atoms with Crippen LogP contribution < -0.4 is 10.6 Å². The van der Waals surface area contributed by atoms with Crippen molar-refractivity contribution in [2.45, 2.75) is 31.7 Å². The molecule has 3 rings (SSSR count). The minimum Gasteiger partial charge on any atom is -0.496 e. The van der Waals surface area contributed by atoms with Gasteiger partial charge in [0, 0.05) is 23.1 Å². The summed E-state index contributed by atoms with van der Waals surface area (Å²) in [6, 6.07) is 1.83. The lowest BCUT2D eigenvalue weighted by atomic mass is 10.1. The van der Waals surface area contributed by atoms with Crippen molar-refractivity contribution < 1.29 is 9.15 Å². The van der Waals surface area contributed by atoms with Crippen LogP contribution in [-0.2, 0) is 5.75 Å². The minimum absolute atomic E-state index is 0.579. The van der Waals surface area contributed by atoms with Crippen molar-refractivity contribution in [3.05, 3.63) is 41.1 Å². The second-order valence-corrected chi connectivity index (χ2v) is 6.34. The molecular weight excluding hydrogens is 326 g/mol. The molecule has 126 valence electrons. The number of thioether (sulfide) groups is 1. The first-order valence-corrected chi connectivity index (χ1v) is 8.38. The molecule has 0 fully saturated rings. The van der Waals surface area contributed by atoms with Crippen LogP contribution in [-0.4, -0.2) is 27.0 Å². The first-order valence-electron chi connectivity index (χ1n) is 7.39. The maximum atomic E-state index is 6.13. The maximum Gasteiger partial charge on any atom is 0.210 e. The van der Waals surface area contributed by atoms with Crippen molar-refractivity contribution >= 4 is 11.8 Å². The molecule has 0 aliphatic carbocycles. The zero-order valence-electron chi connectivity index (χ0n) is 14.0. The van der Waals surface area contributed by atoms with E-state index in [0.717, 1.165) is 33.9 Å². The zero-order valence-corrected chi connectivity index (χ0v) is 14.8. The Morgan fingerprint density at radius 1 is 1.29 bits per heavy atom. The second-order valence-electron chi connectivity index (χ2n) is 5.40. The molecule has 0 bridgehead atoms. The molecule has 3 aromatic rings. The van der Waals surface area contributed by atoms with Gasteiger partial charge in [0.1, 0.15) is 11.5 Å². The highest BCUT2D eigenvalue weighted by atomic mass is 32.2. The number of hydrogen-bond donors (Lipinski definition) is 1. The number of rotatable bonds is 5. The third kappa shape index (κ3) is 2.84. The fourth-order valence-electron chi connectivity index (χ4n) is 2.53. The van der Waals surface area contributed by atoms with E-state index in [9.17, 15) is 0 Å². The summed E-state index contributed by atoms with van der Waals surface area (Å²) in [5.41, 5.74) is 3.82. The molecule has 24 heavy (non-hydrogen) atoms. The van der Waals surface area contributed by atoms with Gasteiger partial charge in [0.05, 0.1) is 24.6 Å². The molecule has 8 heteroatoms. The summed E-state index contributed by atoms with van der Waals surface area (Å²) in [6.45, 7) is 5.84. The Morgan fingerprint density at radius 3 is 2.75 bits per heavy atom. The number of aryl methyl sites for hydroxylation is 2. The van der Waals surface area contributed by atoms with E-state index < -0.39 is 0 Å². The third-order valence-electron chi connectivity index (χ3n) is 3.85. The number of aromatic nitrogens is 4. The predicted molar refractivity (Wildman–Crippen MR) is 92.4 cm³/mol. The van der Waals surface area contributed by atoms with Gasteiger partial charge in [-0.15, -0.1) is 10.2 Å². The molecule has 0 atom stereocenters. The van der Waals surface area contributed by atoms with Crippen molar-refractivity contribution in [1.29, 1.82) is 0 Å². The summed E-state index contributed by atoms with van der Waals surface area (Å²) in [5, 5.41) is 8.95. The number of hydrogen-bond acceptors (Lipinski definition) is 7. The predicted octanol–water partition coefficient (Wildman–Crippen LogP) is 2.87.